The van der Waals surface area contributed by atoms with E-state index in [4.69, 9.17) is 15.8 Å². The lowest BCUT2D eigenvalue weighted by Gasteiger charge is -2.14. The summed E-state index contributed by atoms with van der Waals surface area (Å²) in [6.07, 6.45) is 0. The summed E-state index contributed by atoms with van der Waals surface area (Å²) in [6, 6.07) is 21.5. The topological polar surface area (TPSA) is 86.6 Å². The molecule has 0 aromatic heterocycles. The molecular formula is C20H15N5. The van der Waals surface area contributed by atoms with Crippen molar-refractivity contribution in [1.82, 2.24) is 4.90 Å². The average molecular weight is 325 g/mol. The van der Waals surface area contributed by atoms with Crippen LogP contribution in [-0.4, -0.2) is 4.90 Å². The van der Waals surface area contributed by atoms with Crippen LogP contribution in [0.4, 0.5) is 5.69 Å². The molecule has 0 amide bonds. The SMILES string of the molecule is N#CC(C#N)=C(C#N)Nc1ccc2c(c1)CN(Cc1ccccc1)C2. The summed E-state index contributed by atoms with van der Waals surface area (Å²) in [5.74, 6) is 0. The fourth-order valence-corrected chi connectivity index (χ4v) is 2.92. The largest absolute Gasteiger partial charge is 0.345 e. The van der Waals surface area contributed by atoms with Gasteiger partial charge in [-0.15, -0.1) is 0 Å². The highest BCUT2D eigenvalue weighted by atomic mass is 15.1. The number of fused-ring (bicyclic) bond motifs is 1. The van der Waals surface area contributed by atoms with Crippen molar-refractivity contribution in [2.24, 2.45) is 0 Å². The van der Waals surface area contributed by atoms with E-state index in [0.29, 0.717) is 5.69 Å². The Hall–Kier alpha value is -3.59. The highest BCUT2D eigenvalue weighted by Gasteiger charge is 2.19. The lowest BCUT2D eigenvalue weighted by atomic mass is 10.1. The minimum Gasteiger partial charge on any atom is -0.345 e. The zero-order chi connectivity index (χ0) is 17.6. The second kappa shape index (κ2) is 7.32. The molecule has 120 valence electrons. The second-order valence-electron chi connectivity index (χ2n) is 5.82. The van der Waals surface area contributed by atoms with Crippen LogP contribution in [0.2, 0.25) is 0 Å². The Morgan fingerprint density at radius 2 is 1.64 bits per heavy atom. The van der Waals surface area contributed by atoms with Crippen LogP contribution in [0.15, 0.2) is 59.8 Å². The van der Waals surface area contributed by atoms with Crippen LogP contribution in [0.25, 0.3) is 0 Å². The highest BCUT2D eigenvalue weighted by molar-refractivity contribution is 5.60. The number of allylic oxidation sites excluding steroid dienone is 2. The molecule has 0 aliphatic carbocycles. The minimum atomic E-state index is -0.214. The normalized spacial score (nSPS) is 12.4. The third-order valence-electron chi connectivity index (χ3n) is 4.10. The summed E-state index contributed by atoms with van der Waals surface area (Å²) in [4.78, 5) is 2.35. The van der Waals surface area contributed by atoms with E-state index in [-0.39, 0.29) is 11.3 Å². The van der Waals surface area contributed by atoms with Crippen molar-refractivity contribution < 1.29 is 0 Å². The van der Waals surface area contributed by atoms with Gasteiger partial charge in [0.05, 0.1) is 0 Å². The van der Waals surface area contributed by atoms with E-state index in [1.165, 1.54) is 16.7 Å². The van der Waals surface area contributed by atoms with Gasteiger partial charge in [-0.3, -0.25) is 4.90 Å². The molecule has 1 heterocycles. The molecule has 0 bridgehead atoms. The average Bonchev–Trinajstić information content (AvgIpc) is 3.04. The molecule has 1 N–H and O–H groups in total. The summed E-state index contributed by atoms with van der Waals surface area (Å²) in [5, 5.41) is 29.8. The van der Waals surface area contributed by atoms with E-state index in [9.17, 15) is 0 Å². The summed E-state index contributed by atoms with van der Waals surface area (Å²) in [5.41, 5.74) is 4.19. The second-order valence-corrected chi connectivity index (χ2v) is 5.82. The van der Waals surface area contributed by atoms with Gasteiger partial charge in [0, 0.05) is 25.3 Å². The number of nitrogens with one attached hydrogen (secondary N) is 1. The minimum absolute atomic E-state index is 0.0240. The van der Waals surface area contributed by atoms with Gasteiger partial charge in [-0.25, -0.2) is 0 Å². The monoisotopic (exact) mass is 325 g/mol. The number of nitrogens with zero attached hydrogens (tertiary/aromatic N) is 4. The smallest absolute Gasteiger partial charge is 0.163 e. The van der Waals surface area contributed by atoms with Crippen LogP contribution in [-0.2, 0) is 19.6 Å². The van der Waals surface area contributed by atoms with Crippen molar-refractivity contribution in [1.29, 1.82) is 15.8 Å². The number of rotatable bonds is 4. The summed E-state index contributed by atoms with van der Waals surface area (Å²) in [7, 11) is 0. The first kappa shape index (κ1) is 16.3. The van der Waals surface area contributed by atoms with E-state index < -0.39 is 0 Å². The van der Waals surface area contributed by atoms with Crippen LogP contribution in [0.3, 0.4) is 0 Å². The van der Waals surface area contributed by atoms with Gasteiger partial charge in [0.15, 0.2) is 5.57 Å². The molecule has 2 aromatic carbocycles. The predicted molar refractivity (Wildman–Crippen MR) is 93.3 cm³/mol. The molecule has 25 heavy (non-hydrogen) atoms. The highest BCUT2D eigenvalue weighted by Crippen LogP contribution is 2.27. The Morgan fingerprint density at radius 1 is 0.920 bits per heavy atom. The lowest BCUT2D eigenvalue weighted by molar-refractivity contribution is 0.275. The molecule has 0 spiro atoms. The molecule has 0 saturated carbocycles. The summed E-state index contributed by atoms with van der Waals surface area (Å²) >= 11 is 0. The number of hydrogen-bond acceptors (Lipinski definition) is 5. The molecule has 2 aromatic rings. The molecule has 0 atom stereocenters. The van der Waals surface area contributed by atoms with Crippen molar-refractivity contribution >= 4 is 5.69 Å². The van der Waals surface area contributed by atoms with Crippen LogP contribution in [0.1, 0.15) is 16.7 Å². The summed E-state index contributed by atoms with van der Waals surface area (Å²) < 4.78 is 0. The molecule has 0 saturated heterocycles. The first-order valence-corrected chi connectivity index (χ1v) is 7.83. The van der Waals surface area contributed by atoms with Gasteiger partial charge in [0.1, 0.15) is 23.9 Å². The van der Waals surface area contributed by atoms with Crippen molar-refractivity contribution in [3.05, 3.63) is 76.5 Å². The maximum absolute atomic E-state index is 9.14. The molecule has 1 aliphatic heterocycles. The van der Waals surface area contributed by atoms with E-state index in [0.717, 1.165) is 19.6 Å². The van der Waals surface area contributed by atoms with Gasteiger partial charge in [-0.1, -0.05) is 36.4 Å². The standard InChI is InChI=1S/C20H15N5/c21-9-18(10-22)20(11-23)24-19-7-6-16-13-25(14-17(16)8-19)12-15-4-2-1-3-5-15/h1-8,24H,12-14H2. The predicted octanol–water partition coefficient (Wildman–Crippen LogP) is 3.44. The molecule has 0 unspecified atom stereocenters. The molecule has 1 aliphatic rings. The van der Waals surface area contributed by atoms with Crippen LogP contribution in [0, 0.1) is 34.0 Å². The quantitative estimate of drug-likeness (QED) is 0.870. The third-order valence-corrected chi connectivity index (χ3v) is 4.10. The molecule has 3 rings (SSSR count). The Kier molecular flexibility index (Phi) is 4.77. The maximum atomic E-state index is 9.14. The third kappa shape index (κ3) is 3.67. The Morgan fingerprint density at radius 3 is 2.32 bits per heavy atom. The molecular weight excluding hydrogens is 310 g/mol. The van der Waals surface area contributed by atoms with Gasteiger partial charge >= 0.3 is 0 Å². The lowest BCUT2D eigenvalue weighted by Crippen LogP contribution is -2.15. The number of anilines is 1. The molecule has 5 heteroatoms. The van der Waals surface area contributed by atoms with E-state index in [1.54, 1.807) is 12.1 Å². The maximum Gasteiger partial charge on any atom is 0.163 e. The number of benzene rings is 2. The van der Waals surface area contributed by atoms with Crippen molar-refractivity contribution in [2.45, 2.75) is 19.6 Å². The number of hydrogen-bond donors (Lipinski definition) is 1. The van der Waals surface area contributed by atoms with Gasteiger partial charge in [0.25, 0.3) is 0 Å². The zero-order valence-corrected chi connectivity index (χ0v) is 13.5. The Bertz CT molecular complexity index is 923. The van der Waals surface area contributed by atoms with E-state index in [2.05, 4.69) is 22.3 Å². The van der Waals surface area contributed by atoms with Gasteiger partial charge in [0.2, 0.25) is 0 Å². The molecule has 0 radical (unpaired) electrons. The van der Waals surface area contributed by atoms with Crippen molar-refractivity contribution in [3.8, 4) is 18.2 Å². The van der Waals surface area contributed by atoms with Crippen LogP contribution < -0.4 is 5.32 Å². The van der Waals surface area contributed by atoms with Gasteiger partial charge < -0.3 is 5.32 Å². The van der Waals surface area contributed by atoms with E-state index >= 15 is 0 Å². The van der Waals surface area contributed by atoms with Crippen molar-refractivity contribution in [3.63, 3.8) is 0 Å². The van der Waals surface area contributed by atoms with Crippen molar-refractivity contribution in [2.75, 3.05) is 5.32 Å². The molecule has 5 nitrogen and oxygen atoms in total. The fraction of sp³-hybridized carbons (Fsp3) is 0.150. The fourth-order valence-electron chi connectivity index (χ4n) is 2.92. The van der Waals surface area contributed by atoms with Crippen LogP contribution >= 0.6 is 0 Å². The van der Waals surface area contributed by atoms with E-state index in [1.807, 2.05) is 42.5 Å². The Labute approximate surface area is 146 Å². The first-order valence-electron chi connectivity index (χ1n) is 7.83. The zero-order valence-electron chi connectivity index (χ0n) is 13.5. The summed E-state index contributed by atoms with van der Waals surface area (Å²) in [6.45, 7) is 2.59. The number of nitriles is 3. The Balaban J connectivity index is 1.75. The van der Waals surface area contributed by atoms with Gasteiger partial charge in [-0.2, -0.15) is 15.8 Å². The van der Waals surface area contributed by atoms with Crippen LogP contribution in [0.5, 0.6) is 0 Å². The first-order chi connectivity index (χ1) is 12.2. The van der Waals surface area contributed by atoms with Gasteiger partial charge in [-0.05, 0) is 28.8 Å². The molecule has 0 fully saturated rings.